The molecule has 5 N–H and O–H groups in total. The van der Waals surface area contributed by atoms with Crippen LogP contribution in [0.15, 0.2) is 0 Å². The second kappa shape index (κ2) is 5.50. The summed E-state index contributed by atoms with van der Waals surface area (Å²) in [5.41, 5.74) is 10.1. The summed E-state index contributed by atoms with van der Waals surface area (Å²) in [6.07, 6.45) is 0. The number of methoxy groups -OCH3 is 1. The van der Waals surface area contributed by atoms with E-state index in [1.165, 1.54) is 7.11 Å². The maximum Gasteiger partial charge on any atom is 0.319 e. The lowest BCUT2D eigenvalue weighted by atomic mass is 10.3. The van der Waals surface area contributed by atoms with Gasteiger partial charge in [-0.15, -0.1) is 0 Å². The molecule has 0 saturated carbocycles. The molecule has 0 fully saturated rings. The Morgan fingerprint density at radius 3 is 2.58 bits per heavy atom. The first-order chi connectivity index (χ1) is 5.57. The lowest BCUT2D eigenvalue weighted by Crippen LogP contribution is -2.45. The van der Waals surface area contributed by atoms with E-state index in [4.69, 9.17) is 11.5 Å². The predicted molar refractivity (Wildman–Crippen MR) is 42.1 cm³/mol. The van der Waals surface area contributed by atoms with Crippen LogP contribution in [0.4, 0.5) is 0 Å². The molecule has 6 nitrogen and oxygen atoms in total. The monoisotopic (exact) mass is 175 g/mol. The molecule has 0 radical (unpaired) electrons. The molecular weight excluding hydrogens is 162 g/mol. The predicted octanol–water partition coefficient (Wildman–Crippen LogP) is -2.44. The lowest BCUT2D eigenvalue weighted by Gasteiger charge is -2.07. The molecule has 12 heavy (non-hydrogen) atoms. The van der Waals surface area contributed by atoms with Gasteiger partial charge in [0.05, 0.1) is 19.7 Å². The number of carbonyl (C=O) groups excluding carboxylic acids is 2. The number of hydrogen-bond donors (Lipinski definition) is 3. The first-order valence-corrected chi connectivity index (χ1v) is 3.40. The number of nitrogens with one attached hydrogen (secondary N) is 1. The van der Waals surface area contributed by atoms with Crippen molar-refractivity contribution in [1.82, 2.24) is 5.32 Å². The summed E-state index contributed by atoms with van der Waals surface area (Å²) in [5, 5.41) is 2.62. The second-order valence-electron chi connectivity index (χ2n) is 2.22. The van der Waals surface area contributed by atoms with Crippen LogP contribution in [0.3, 0.4) is 0 Å². The zero-order valence-electron chi connectivity index (χ0n) is 6.87. The molecule has 0 rings (SSSR count). The Balaban J connectivity index is 3.43. The Kier molecular flexibility index (Phi) is 4.98. The van der Waals surface area contributed by atoms with Crippen molar-refractivity contribution in [1.29, 1.82) is 0 Å². The van der Waals surface area contributed by atoms with E-state index in [9.17, 15) is 9.59 Å². The quantitative estimate of drug-likeness (QED) is 0.402. The molecule has 0 heterocycles. The van der Waals surface area contributed by atoms with E-state index in [-0.39, 0.29) is 13.1 Å². The van der Waals surface area contributed by atoms with Crippen molar-refractivity contribution in [3.05, 3.63) is 0 Å². The van der Waals surface area contributed by atoms with Crippen LogP contribution in [0.5, 0.6) is 0 Å². The Morgan fingerprint density at radius 1 is 1.58 bits per heavy atom. The Bertz CT molecular complexity index is 171. The lowest BCUT2D eigenvalue weighted by molar-refractivity contribution is -0.139. The van der Waals surface area contributed by atoms with Crippen molar-refractivity contribution in [2.45, 2.75) is 6.04 Å². The molecule has 0 aliphatic carbocycles. The number of primary amides is 1. The molecule has 0 aliphatic heterocycles. The minimum atomic E-state index is -0.769. The molecular formula is C6H13N3O3. The fourth-order valence-corrected chi connectivity index (χ4v) is 0.502. The maximum absolute atomic E-state index is 10.5. The molecule has 0 spiro atoms. The average molecular weight is 175 g/mol. The minimum absolute atomic E-state index is 0.0253. The maximum atomic E-state index is 10.5. The standard InChI is InChI=1S/C6H13N3O3/c1-12-5(10)3-9-2-4(7)6(8)11/h4,9H,2-3,7H2,1H3,(H2,8,11). The second-order valence-corrected chi connectivity index (χ2v) is 2.22. The van der Waals surface area contributed by atoms with E-state index in [2.05, 4.69) is 10.1 Å². The summed E-state index contributed by atoms with van der Waals surface area (Å²) < 4.78 is 4.33. The summed E-state index contributed by atoms with van der Waals surface area (Å²) in [5.74, 6) is -1.01. The summed E-state index contributed by atoms with van der Waals surface area (Å²) in [6, 6.07) is -0.769. The van der Waals surface area contributed by atoms with Crippen molar-refractivity contribution in [3.8, 4) is 0 Å². The summed E-state index contributed by atoms with van der Waals surface area (Å²) in [4.78, 5) is 20.9. The molecule has 6 heteroatoms. The minimum Gasteiger partial charge on any atom is -0.468 e. The van der Waals surface area contributed by atoms with Gasteiger partial charge in [0.15, 0.2) is 0 Å². The Morgan fingerprint density at radius 2 is 2.17 bits per heavy atom. The van der Waals surface area contributed by atoms with E-state index in [1.807, 2.05) is 0 Å². The fourth-order valence-electron chi connectivity index (χ4n) is 0.502. The molecule has 1 unspecified atom stereocenters. The van der Waals surface area contributed by atoms with Crippen LogP contribution >= 0.6 is 0 Å². The van der Waals surface area contributed by atoms with Gasteiger partial charge in [-0.3, -0.25) is 9.59 Å². The molecule has 1 amide bonds. The summed E-state index contributed by atoms with van der Waals surface area (Å²) in [6.45, 7) is 0.196. The summed E-state index contributed by atoms with van der Waals surface area (Å²) >= 11 is 0. The summed E-state index contributed by atoms with van der Waals surface area (Å²) in [7, 11) is 1.28. The van der Waals surface area contributed by atoms with Gasteiger partial charge in [0.2, 0.25) is 5.91 Å². The zero-order chi connectivity index (χ0) is 9.56. The van der Waals surface area contributed by atoms with Gasteiger partial charge in [-0.25, -0.2) is 0 Å². The SMILES string of the molecule is COC(=O)CNCC(N)C(N)=O. The van der Waals surface area contributed by atoms with Crippen LogP contribution in [-0.4, -0.2) is 38.1 Å². The number of esters is 1. The highest BCUT2D eigenvalue weighted by atomic mass is 16.5. The van der Waals surface area contributed by atoms with Gasteiger partial charge < -0.3 is 21.5 Å². The third-order valence-electron chi connectivity index (χ3n) is 1.23. The van der Waals surface area contributed by atoms with Gasteiger partial charge >= 0.3 is 5.97 Å². The van der Waals surface area contributed by atoms with Gasteiger partial charge in [0.25, 0.3) is 0 Å². The molecule has 0 aromatic carbocycles. The van der Waals surface area contributed by atoms with Crippen molar-refractivity contribution in [2.75, 3.05) is 20.2 Å². The van der Waals surface area contributed by atoms with Crippen molar-refractivity contribution >= 4 is 11.9 Å². The number of ether oxygens (including phenoxy) is 1. The smallest absolute Gasteiger partial charge is 0.319 e. The van der Waals surface area contributed by atoms with E-state index < -0.39 is 17.9 Å². The van der Waals surface area contributed by atoms with E-state index >= 15 is 0 Å². The van der Waals surface area contributed by atoms with Crippen molar-refractivity contribution < 1.29 is 14.3 Å². The third-order valence-corrected chi connectivity index (χ3v) is 1.23. The molecule has 70 valence electrons. The van der Waals surface area contributed by atoms with E-state index in [0.717, 1.165) is 0 Å². The van der Waals surface area contributed by atoms with Gasteiger partial charge in [-0.05, 0) is 0 Å². The number of carbonyl (C=O) groups is 2. The van der Waals surface area contributed by atoms with Gasteiger partial charge in [0.1, 0.15) is 0 Å². The molecule has 0 saturated heterocycles. The number of amides is 1. The first kappa shape index (κ1) is 10.9. The molecule has 0 aromatic rings. The zero-order valence-corrected chi connectivity index (χ0v) is 6.87. The fraction of sp³-hybridized carbons (Fsp3) is 0.667. The highest BCUT2D eigenvalue weighted by molar-refractivity contribution is 5.80. The van der Waals surface area contributed by atoms with Crippen molar-refractivity contribution in [3.63, 3.8) is 0 Å². The number of hydrogen-bond acceptors (Lipinski definition) is 5. The number of rotatable bonds is 5. The van der Waals surface area contributed by atoms with Gasteiger partial charge in [-0.2, -0.15) is 0 Å². The normalized spacial score (nSPS) is 12.2. The highest BCUT2D eigenvalue weighted by Crippen LogP contribution is 1.74. The highest BCUT2D eigenvalue weighted by Gasteiger charge is 2.08. The van der Waals surface area contributed by atoms with Crippen LogP contribution in [0, 0.1) is 0 Å². The van der Waals surface area contributed by atoms with E-state index in [0.29, 0.717) is 0 Å². The van der Waals surface area contributed by atoms with Crippen LogP contribution in [0.25, 0.3) is 0 Å². The molecule has 0 aromatic heterocycles. The van der Waals surface area contributed by atoms with Crippen LogP contribution in [0.2, 0.25) is 0 Å². The molecule has 1 atom stereocenters. The van der Waals surface area contributed by atoms with Gasteiger partial charge in [-0.1, -0.05) is 0 Å². The van der Waals surface area contributed by atoms with Gasteiger partial charge in [0, 0.05) is 6.54 Å². The molecule has 0 aliphatic rings. The Labute approximate surface area is 70.2 Å². The average Bonchev–Trinajstić information content (AvgIpc) is 2.03. The first-order valence-electron chi connectivity index (χ1n) is 3.40. The number of nitrogens with two attached hydrogens (primary N) is 2. The van der Waals surface area contributed by atoms with Crippen LogP contribution in [0.1, 0.15) is 0 Å². The largest absolute Gasteiger partial charge is 0.468 e. The van der Waals surface area contributed by atoms with Crippen molar-refractivity contribution in [2.24, 2.45) is 11.5 Å². The topological polar surface area (TPSA) is 107 Å². The Hall–Kier alpha value is -1.14. The third kappa shape index (κ3) is 4.64. The molecule has 0 bridgehead atoms. The van der Waals surface area contributed by atoms with E-state index in [1.54, 1.807) is 0 Å². The van der Waals surface area contributed by atoms with Crippen LogP contribution in [-0.2, 0) is 14.3 Å². The van der Waals surface area contributed by atoms with Crippen LogP contribution < -0.4 is 16.8 Å².